The molecule has 4 N–H and O–H groups in total. The van der Waals surface area contributed by atoms with E-state index in [0.717, 1.165) is 0 Å². The van der Waals surface area contributed by atoms with Crippen molar-refractivity contribution in [1.82, 2.24) is 14.5 Å². The number of hydrogen-bond acceptors (Lipinski definition) is 7. The predicted octanol–water partition coefficient (Wildman–Crippen LogP) is -1.60. The second kappa shape index (κ2) is 5.08. The number of fused-ring (bicyclic) bond motifs is 1. The molecule has 0 bridgehead atoms. The molecule has 2 aromatic heterocycles. The number of ether oxygens (including phenoxy) is 1. The van der Waals surface area contributed by atoms with Crippen molar-refractivity contribution in [2.24, 2.45) is 0 Å². The molecule has 0 amide bonds. The largest absolute Gasteiger partial charge is 0.394 e. The second-order valence-corrected chi connectivity index (χ2v) is 4.72. The summed E-state index contributed by atoms with van der Waals surface area (Å²) in [6.07, 6.45) is -3.09. The van der Waals surface area contributed by atoms with Crippen molar-refractivity contribution in [3.8, 4) is 0 Å². The van der Waals surface area contributed by atoms with Gasteiger partial charge < -0.3 is 25.2 Å². The first kappa shape index (κ1) is 13.4. The molecule has 1 aliphatic heterocycles. The van der Waals surface area contributed by atoms with Crippen LogP contribution in [0.2, 0.25) is 0 Å². The lowest BCUT2D eigenvalue weighted by molar-refractivity contribution is -0.250. The Labute approximate surface area is 113 Å². The van der Waals surface area contributed by atoms with Crippen LogP contribution < -0.4 is 0 Å². The normalized spacial score (nSPS) is 34.5. The third-order valence-electron chi connectivity index (χ3n) is 3.47. The summed E-state index contributed by atoms with van der Waals surface area (Å²) in [5.41, 5.74) is 1.10. The summed E-state index contributed by atoms with van der Waals surface area (Å²) >= 11 is 0. The molecular weight excluding hydrogens is 266 g/mol. The molecule has 2 aromatic rings. The molecule has 8 heteroatoms. The van der Waals surface area contributed by atoms with E-state index in [1.807, 2.05) is 0 Å². The number of pyridine rings is 1. The van der Waals surface area contributed by atoms with Gasteiger partial charge in [0.2, 0.25) is 0 Å². The van der Waals surface area contributed by atoms with Gasteiger partial charge in [-0.05, 0) is 12.1 Å². The average Bonchev–Trinajstić information content (AvgIpc) is 2.89. The number of aliphatic hydroxyl groups is 4. The van der Waals surface area contributed by atoms with Crippen molar-refractivity contribution in [1.29, 1.82) is 0 Å². The van der Waals surface area contributed by atoms with E-state index in [4.69, 9.17) is 4.74 Å². The monoisotopic (exact) mass is 281 g/mol. The number of aromatic nitrogens is 3. The minimum absolute atomic E-state index is 0.471. The predicted molar refractivity (Wildman–Crippen MR) is 66.5 cm³/mol. The zero-order valence-electron chi connectivity index (χ0n) is 10.4. The molecule has 108 valence electrons. The van der Waals surface area contributed by atoms with Gasteiger partial charge in [0.25, 0.3) is 0 Å². The van der Waals surface area contributed by atoms with E-state index in [2.05, 4.69) is 9.97 Å². The Morgan fingerprint density at radius 2 is 1.95 bits per heavy atom. The van der Waals surface area contributed by atoms with Gasteiger partial charge in [0.15, 0.2) is 11.9 Å². The Balaban J connectivity index is 2.00. The maximum Gasteiger partial charge on any atom is 0.165 e. The summed E-state index contributed by atoms with van der Waals surface area (Å²) in [6, 6.07) is 3.48. The third-order valence-corrected chi connectivity index (χ3v) is 3.47. The van der Waals surface area contributed by atoms with Crippen LogP contribution in [0.3, 0.4) is 0 Å². The highest BCUT2D eigenvalue weighted by Gasteiger charge is 2.44. The first-order valence-corrected chi connectivity index (χ1v) is 6.21. The van der Waals surface area contributed by atoms with Crippen molar-refractivity contribution in [2.45, 2.75) is 30.6 Å². The molecule has 3 heterocycles. The van der Waals surface area contributed by atoms with Crippen LogP contribution in [0.25, 0.3) is 11.2 Å². The first-order chi connectivity index (χ1) is 9.63. The average molecular weight is 281 g/mol. The molecule has 1 fully saturated rings. The number of rotatable bonds is 2. The van der Waals surface area contributed by atoms with Gasteiger partial charge >= 0.3 is 0 Å². The lowest BCUT2D eigenvalue weighted by Crippen LogP contribution is -2.56. The summed E-state index contributed by atoms with van der Waals surface area (Å²) in [4.78, 5) is 8.27. The molecule has 0 aromatic carbocycles. The molecule has 8 nitrogen and oxygen atoms in total. The summed E-state index contributed by atoms with van der Waals surface area (Å²) in [7, 11) is 0. The molecule has 0 saturated carbocycles. The Bertz CT molecular complexity index is 602. The van der Waals surface area contributed by atoms with Crippen LogP contribution in [-0.2, 0) is 4.74 Å². The zero-order chi connectivity index (χ0) is 14.3. The minimum Gasteiger partial charge on any atom is -0.394 e. The maximum atomic E-state index is 10.1. The van der Waals surface area contributed by atoms with Crippen LogP contribution in [-0.4, -0.2) is 66.0 Å². The van der Waals surface area contributed by atoms with Crippen LogP contribution in [0.4, 0.5) is 0 Å². The molecule has 1 aliphatic rings. The standard InChI is InChI=1S/C12H15N3O5/c16-4-7-8(17)9(18)10(19)12(20-7)15-5-14-6-2-1-3-13-11(6)15/h1-3,5,7-10,12,16-19H,4H2/t7-,8-,9+,10-,12?/m1/s1. The summed E-state index contributed by atoms with van der Waals surface area (Å²) in [5.74, 6) is 0. The Hall–Kier alpha value is -1.58. The van der Waals surface area contributed by atoms with Gasteiger partial charge in [0.1, 0.15) is 29.9 Å². The maximum absolute atomic E-state index is 10.1. The van der Waals surface area contributed by atoms with Gasteiger partial charge in [0.05, 0.1) is 12.9 Å². The van der Waals surface area contributed by atoms with Crippen molar-refractivity contribution in [3.63, 3.8) is 0 Å². The van der Waals surface area contributed by atoms with Crippen molar-refractivity contribution >= 4 is 11.2 Å². The van der Waals surface area contributed by atoms with Crippen molar-refractivity contribution in [3.05, 3.63) is 24.7 Å². The van der Waals surface area contributed by atoms with Crippen LogP contribution in [0.1, 0.15) is 6.23 Å². The highest BCUT2D eigenvalue weighted by molar-refractivity contribution is 5.70. The summed E-state index contributed by atoms with van der Waals surface area (Å²) in [6.45, 7) is -0.471. The lowest BCUT2D eigenvalue weighted by Gasteiger charge is -2.40. The van der Waals surface area contributed by atoms with Gasteiger partial charge in [-0.15, -0.1) is 0 Å². The van der Waals surface area contributed by atoms with E-state index in [9.17, 15) is 20.4 Å². The Morgan fingerprint density at radius 3 is 2.70 bits per heavy atom. The van der Waals surface area contributed by atoms with Gasteiger partial charge in [-0.3, -0.25) is 4.57 Å². The van der Waals surface area contributed by atoms with Crippen LogP contribution in [0.15, 0.2) is 24.7 Å². The molecule has 0 aliphatic carbocycles. The van der Waals surface area contributed by atoms with Crippen LogP contribution in [0, 0.1) is 0 Å². The van der Waals surface area contributed by atoms with Crippen molar-refractivity contribution < 1.29 is 25.2 Å². The van der Waals surface area contributed by atoms with E-state index >= 15 is 0 Å². The molecular formula is C12H15N3O5. The van der Waals surface area contributed by atoms with Crippen LogP contribution in [0.5, 0.6) is 0 Å². The van der Waals surface area contributed by atoms with Crippen LogP contribution >= 0.6 is 0 Å². The van der Waals surface area contributed by atoms with E-state index < -0.39 is 37.3 Å². The third kappa shape index (κ3) is 1.98. The van der Waals surface area contributed by atoms with E-state index in [0.29, 0.717) is 11.2 Å². The highest BCUT2D eigenvalue weighted by Crippen LogP contribution is 2.30. The van der Waals surface area contributed by atoms with Crippen molar-refractivity contribution in [2.75, 3.05) is 6.61 Å². The number of hydrogen-bond donors (Lipinski definition) is 4. The molecule has 3 rings (SSSR count). The first-order valence-electron chi connectivity index (χ1n) is 6.21. The summed E-state index contributed by atoms with van der Waals surface area (Å²) < 4.78 is 6.93. The Kier molecular flexibility index (Phi) is 3.40. The zero-order valence-corrected chi connectivity index (χ0v) is 10.4. The quantitative estimate of drug-likeness (QED) is 0.523. The number of aliphatic hydroxyl groups excluding tert-OH is 4. The molecule has 20 heavy (non-hydrogen) atoms. The fourth-order valence-electron chi connectivity index (χ4n) is 2.37. The minimum atomic E-state index is -1.42. The van der Waals surface area contributed by atoms with Gasteiger partial charge in [-0.2, -0.15) is 0 Å². The molecule has 5 atom stereocenters. The highest BCUT2D eigenvalue weighted by atomic mass is 16.6. The fraction of sp³-hybridized carbons (Fsp3) is 0.500. The number of nitrogens with zero attached hydrogens (tertiary/aromatic N) is 3. The van der Waals surface area contributed by atoms with Gasteiger partial charge in [-0.25, -0.2) is 9.97 Å². The Morgan fingerprint density at radius 1 is 1.15 bits per heavy atom. The molecule has 1 unspecified atom stereocenters. The topological polar surface area (TPSA) is 121 Å². The van der Waals surface area contributed by atoms with Gasteiger partial charge in [-0.1, -0.05) is 0 Å². The fourth-order valence-corrected chi connectivity index (χ4v) is 2.37. The smallest absolute Gasteiger partial charge is 0.165 e. The SMILES string of the molecule is OC[C@H]1OC(n2cnc3cccnc32)[C@H](O)[C@@H](O)[C@@H]1O. The molecule has 0 radical (unpaired) electrons. The van der Waals surface area contributed by atoms with E-state index in [1.54, 1.807) is 18.3 Å². The van der Waals surface area contributed by atoms with E-state index in [-0.39, 0.29) is 0 Å². The number of imidazole rings is 1. The lowest BCUT2D eigenvalue weighted by atomic mass is 9.98. The van der Waals surface area contributed by atoms with Gasteiger partial charge in [0, 0.05) is 6.20 Å². The summed E-state index contributed by atoms with van der Waals surface area (Å²) in [5, 5.41) is 38.8. The molecule has 0 spiro atoms. The second-order valence-electron chi connectivity index (χ2n) is 4.72. The molecule has 1 saturated heterocycles. The van der Waals surface area contributed by atoms with E-state index in [1.165, 1.54) is 10.9 Å².